The Balaban J connectivity index is 1.97. The summed E-state index contributed by atoms with van der Waals surface area (Å²) in [6, 6.07) is 24.5. The van der Waals surface area contributed by atoms with Gasteiger partial charge in [-0.05, 0) is 17.7 Å². The Morgan fingerprint density at radius 2 is 1.46 bits per heavy atom. The van der Waals surface area contributed by atoms with Gasteiger partial charge in [-0.3, -0.25) is 4.98 Å². The van der Waals surface area contributed by atoms with Crippen LogP contribution in [0.2, 0.25) is 5.02 Å². The van der Waals surface area contributed by atoms with Crippen LogP contribution in [0.25, 0.3) is 33.2 Å². The van der Waals surface area contributed by atoms with Crippen LogP contribution in [0.4, 0.5) is 0 Å². The van der Waals surface area contributed by atoms with Gasteiger partial charge in [-0.25, -0.2) is 0 Å². The minimum absolute atomic E-state index is 0.648. The van der Waals surface area contributed by atoms with E-state index in [-0.39, 0.29) is 0 Å². The Bertz CT molecular complexity index is 1110. The van der Waals surface area contributed by atoms with Gasteiger partial charge in [0.05, 0.1) is 18.0 Å². The molecule has 0 saturated heterocycles. The second kappa shape index (κ2) is 6.15. The van der Waals surface area contributed by atoms with Crippen molar-refractivity contribution in [2.45, 2.75) is 6.42 Å². The van der Waals surface area contributed by atoms with Crippen molar-refractivity contribution in [1.29, 1.82) is 0 Å². The predicted octanol–water partition coefficient (Wildman–Crippen LogP) is 6.16. The van der Waals surface area contributed by atoms with Crippen molar-refractivity contribution in [2.24, 2.45) is 0 Å². The third-order valence-electron chi connectivity index (χ3n) is 4.84. The summed E-state index contributed by atoms with van der Waals surface area (Å²) in [5.74, 6) is 0.870. The summed E-state index contributed by atoms with van der Waals surface area (Å²) in [6.07, 6.45) is 0.790. The largest absolute Gasteiger partial charge is 0.492 e. The molecule has 0 radical (unpaired) electrons. The van der Waals surface area contributed by atoms with Crippen LogP contribution in [0, 0.1) is 0 Å². The van der Waals surface area contributed by atoms with Gasteiger partial charge in [0.25, 0.3) is 0 Å². The first kappa shape index (κ1) is 15.4. The topological polar surface area (TPSA) is 22.1 Å². The van der Waals surface area contributed by atoms with Crippen LogP contribution in [-0.4, -0.2) is 11.6 Å². The van der Waals surface area contributed by atoms with E-state index in [2.05, 4.69) is 24.3 Å². The number of rotatable bonds is 2. The maximum Gasteiger partial charge on any atom is 0.129 e. The van der Waals surface area contributed by atoms with Crippen LogP contribution in [0.5, 0.6) is 5.75 Å². The highest BCUT2D eigenvalue weighted by Gasteiger charge is 2.23. The Morgan fingerprint density at radius 3 is 2.19 bits per heavy atom. The van der Waals surface area contributed by atoms with Gasteiger partial charge in [0.15, 0.2) is 0 Å². The molecule has 0 bridgehead atoms. The summed E-state index contributed by atoms with van der Waals surface area (Å²) >= 11 is 6.71. The van der Waals surface area contributed by atoms with Crippen LogP contribution < -0.4 is 4.74 Å². The zero-order chi connectivity index (χ0) is 17.5. The summed E-state index contributed by atoms with van der Waals surface area (Å²) in [5, 5.41) is 2.80. The number of hydrogen-bond donors (Lipinski definition) is 0. The summed E-state index contributed by atoms with van der Waals surface area (Å²) in [7, 11) is 0. The quantitative estimate of drug-likeness (QED) is 0.428. The standard InChI is InChI=1S/C23H16ClNO/c24-17-11-12-19-22-18(13-14-26-19)25-23(16-9-5-2-6-10-16)20(21(17)22)15-7-3-1-4-8-15/h1-12H,13-14H2. The highest BCUT2D eigenvalue weighted by molar-refractivity contribution is 6.37. The van der Waals surface area contributed by atoms with E-state index in [1.165, 1.54) is 0 Å². The second-order valence-electron chi connectivity index (χ2n) is 6.41. The molecule has 1 aliphatic rings. The van der Waals surface area contributed by atoms with Crippen LogP contribution in [-0.2, 0) is 6.42 Å². The Kier molecular flexibility index (Phi) is 3.65. The molecule has 0 atom stereocenters. The number of ether oxygens (including phenoxy) is 1. The monoisotopic (exact) mass is 357 g/mol. The third-order valence-corrected chi connectivity index (χ3v) is 5.16. The van der Waals surface area contributed by atoms with Crippen LogP contribution >= 0.6 is 11.6 Å². The van der Waals surface area contributed by atoms with E-state index in [1.807, 2.05) is 48.5 Å². The molecule has 0 N–H and O–H groups in total. The van der Waals surface area contributed by atoms with Gasteiger partial charge >= 0.3 is 0 Å². The molecule has 0 fully saturated rings. The van der Waals surface area contributed by atoms with Gasteiger partial charge in [0.1, 0.15) is 5.75 Å². The summed E-state index contributed by atoms with van der Waals surface area (Å²) < 4.78 is 5.89. The molecule has 3 aromatic carbocycles. The molecule has 4 aromatic rings. The molecule has 2 nitrogen and oxygen atoms in total. The van der Waals surface area contributed by atoms with Crippen LogP contribution in [0.3, 0.4) is 0 Å². The Hall–Kier alpha value is -2.84. The fourth-order valence-corrected chi connectivity index (χ4v) is 3.96. The molecular weight excluding hydrogens is 342 g/mol. The van der Waals surface area contributed by atoms with E-state index in [1.54, 1.807) is 0 Å². The molecule has 0 aliphatic carbocycles. The Morgan fingerprint density at radius 1 is 0.769 bits per heavy atom. The smallest absolute Gasteiger partial charge is 0.129 e. The normalized spacial score (nSPS) is 12.8. The average molecular weight is 358 g/mol. The fourth-order valence-electron chi connectivity index (χ4n) is 3.70. The number of nitrogens with zero attached hydrogens (tertiary/aromatic N) is 1. The Labute approximate surface area is 157 Å². The van der Waals surface area contributed by atoms with E-state index in [0.29, 0.717) is 6.61 Å². The first-order valence-corrected chi connectivity index (χ1v) is 9.09. The van der Waals surface area contributed by atoms with E-state index >= 15 is 0 Å². The molecule has 2 heterocycles. The molecule has 0 spiro atoms. The first-order chi connectivity index (χ1) is 12.8. The van der Waals surface area contributed by atoms with E-state index < -0.39 is 0 Å². The number of halogens is 1. The lowest BCUT2D eigenvalue weighted by molar-refractivity contribution is 0.316. The lowest BCUT2D eigenvalue weighted by atomic mass is 9.91. The van der Waals surface area contributed by atoms with Crippen LogP contribution in [0.15, 0.2) is 72.8 Å². The second-order valence-corrected chi connectivity index (χ2v) is 6.82. The van der Waals surface area contributed by atoms with E-state index in [0.717, 1.165) is 56.0 Å². The number of aromatic nitrogens is 1. The van der Waals surface area contributed by atoms with Crippen molar-refractivity contribution in [3.63, 3.8) is 0 Å². The van der Waals surface area contributed by atoms with Gasteiger partial charge in [-0.1, -0.05) is 72.3 Å². The molecular formula is C23H16ClNO. The lowest BCUT2D eigenvalue weighted by Crippen LogP contribution is -2.11. The van der Waals surface area contributed by atoms with E-state index in [9.17, 15) is 0 Å². The minimum atomic E-state index is 0.648. The third kappa shape index (κ3) is 2.38. The van der Waals surface area contributed by atoms with Crippen molar-refractivity contribution < 1.29 is 4.74 Å². The van der Waals surface area contributed by atoms with Crippen LogP contribution in [0.1, 0.15) is 5.69 Å². The van der Waals surface area contributed by atoms with E-state index in [4.69, 9.17) is 21.3 Å². The van der Waals surface area contributed by atoms with Crippen molar-refractivity contribution in [1.82, 2.24) is 4.98 Å². The zero-order valence-electron chi connectivity index (χ0n) is 14.1. The summed E-state index contributed by atoms with van der Waals surface area (Å²) in [6.45, 7) is 0.648. The van der Waals surface area contributed by atoms with Crippen molar-refractivity contribution in [3.05, 3.63) is 83.5 Å². The molecule has 0 unspecified atom stereocenters. The number of benzene rings is 3. The first-order valence-electron chi connectivity index (χ1n) is 8.71. The molecule has 0 amide bonds. The van der Waals surface area contributed by atoms with Gasteiger partial charge in [0, 0.05) is 33.3 Å². The maximum absolute atomic E-state index is 6.71. The fraction of sp³-hybridized carbons (Fsp3) is 0.0870. The highest BCUT2D eigenvalue weighted by atomic mass is 35.5. The van der Waals surface area contributed by atoms with Gasteiger partial charge < -0.3 is 4.74 Å². The van der Waals surface area contributed by atoms with Gasteiger partial charge in [-0.15, -0.1) is 0 Å². The van der Waals surface area contributed by atoms with Crippen molar-refractivity contribution >= 4 is 22.4 Å². The molecule has 26 heavy (non-hydrogen) atoms. The molecule has 3 heteroatoms. The van der Waals surface area contributed by atoms with Gasteiger partial charge in [-0.2, -0.15) is 0 Å². The highest BCUT2D eigenvalue weighted by Crippen LogP contribution is 2.45. The molecule has 5 rings (SSSR count). The maximum atomic E-state index is 6.71. The summed E-state index contributed by atoms with van der Waals surface area (Å²) in [4.78, 5) is 5.08. The number of hydrogen-bond acceptors (Lipinski definition) is 2. The van der Waals surface area contributed by atoms with Crippen molar-refractivity contribution in [2.75, 3.05) is 6.61 Å². The van der Waals surface area contributed by atoms with Gasteiger partial charge in [0.2, 0.25) is 0 Å². The SMILES string of the molecule is Clc1ccc2c3c(nc(-c4ccccc4)c(-c4ccccc4)c13)CCO2. The molecule has 1 aliphatic heterocycles. The molecule has 126 valence electrons. The average Bonchev–Trinajstić information content (AvgIpc) is 2.71. The molecule has 0 saturated carbocycles. The predicted molar refractivity (Wildman–Crippen MR) is 107 cm³/mol. The lowest BCUT2D eigenvalue weighted by Gasteiger charge is -2.23. The zero-order valence-corrected chi connectivity index (χ0v) is 14.8. The summed E-state index contributed by atoms with van der Waals surface area (Å²) in [5.41, 5.74) is 5.29. The minimum Gasteiger partial charge on any atom is -0.492 e. The number of pyridine rings is 1. The van der Waals surface area contributed by atoms with Crippen molar-refractivity contribution in [3.8, 4) is 28.1 Å². The molecule has 1 aromatic heterocycles.